The van der Waals surface area contributed by atoms with Gasteiger partial charge in [0, 0.05) is 43.1 Å². The number of anilines is 1. The zero-order chi connectivity index (χ0) is 14.7. The fourth-order valence-electron chi connectivity index (χ4n) is 2.04. The second-order valence-corrected chi connectivity index (χ2v) is 4.35. The molecule has 2 rings (SSSR count). The Labute approximate surface area is 114 Å². The first kappa shape index (κ1) is 13.7. The summed E-state index contributed by atoms with van der Waals surface area (Å²) in [4.78, 5) is 26.8. The van der Waals surface area contributed by atoms with Crippen molar-refractivity contribution < 1.29 is 14.8 Å². The van der Waals surface area contributed by atoms with E-state index in [9.17, 15) is 14.9 Å². The van der Waals surface area contributed by atoms with Gasteiger partial charge < -0.3 is 10.0 Å². The van der Waals surface area contributed by atoms with Crippen LogP contribution >= 0.6 is 0 Å². The van der Waals surface area contributed by atoms with Crippen LogP contribution in [0.25, 0.3) is 10.8 Å². The molecule has 7 heteroatoms. The molecule has 0 aliphatic heterocycles. The van der Waals surface area contributed by atoms with Gasteiger partial charge in [-0.2, -0.15) is 0 Å². The van der Waals surface area contributed by atoms with Crippen molar-refractivity contribution >= 4 is 28.1 Å². The van der Waals surface area contributed by atoms with E-state index in [4.69, 9.17) is 5.11 Å². The zero-order valence-electron chi connectivity index (χ0n) is 10.8. The largest absolute Gasteiger partial charge is 0.481 e. The molecular formula is C13H13N3O4. The number of nitrogens with zero attached hydrogens (tertiary/aromatic N) is 3. The molecular weight excluding hydrogens is 262 g/mol. The smallest absolute Gasteiger partial charge is 0.305 e. The van der Waals surface area contributed by atoms with Gasteiger partial charge in [0.15, 0.2) is 0 Å². The summed E-state index contributed by atoms with van der Waals surface area (Å²) in [6.07, 6.45) is 3.00. The standard InChI is InChI=1S/C13H13N3O4/c1-15(7-5-13(17)18)11-2-3-12(16(19)20)10-8-14-6-4-9(10)11/h2-4,6,8H,5,7H2,1H3,(H,17,18). The zero-order valence-corrected chi connectivity index (χ0v) is 10.8. The van der Waals surface area contributed by atoms with Gasteiger partial charge in [-0.3, -0.25) is 19.9 Å². The van der Waals surface area contributed by atoms with Gasteiger partial charge in [0.25, 0.3) is 5.69 Å². The lowest BCUT2D eigenvalue weighted by molar-refractivity contribution is -0.383. The van der Waals surface area contributed by atoms with Crippen LogP contribution in [0.2, 0.25) is 0 Å². The molecule has 1 heterocycles. The van der Waals surface area contributed by atoms with Gasteiger partial charge in [-0.15, -0.1) is 0 Å². The Morgan fingerprint density at radius 3 is 2.80 bits per heavy atom. The number of benzene rings is 1. The summed E-state index contributed by atoms with van der Waals surface area (Å²) < 4.78 is 0. The predicted octanol–water partition coefficient (Wildman–Crippen LogP) is 2.05. The van der Waals surface area contributed by atoms with Crippen LogP contribution in [0.3, 0.4) is 0 Å². The second-order valence-electron chi connectivity index (χ2n) is 4.35. The first-order valence-corrected chi connectivity index (χ1v) is 5.94. The van der Waals surface area contributed by atoms with E-state index in [2.05, 4.69) is 4.98 Å². The summed E-state index contributed by atoms with van der Waals surface area (Å²) in [5.41, 5.74) is 0.734. The highest BCUT2D eigenvalue weighted by Gasteiger charge is 2.16. The average Bonchev–Trinajstić information content (AvgIpc) is 2.43. The van der Waals surface area contributed by atoms with Gasteiger partial charge >= 0.3 is 5.97 Å². The highest BCUT2D eigenvalue weighted by atomic mass is 16.6. The van der Waals surface area contributed by atoms with Crippen LogP contribution in [-0.2, 0) is 4.79 Å². The van der Waals surface area contributed by atoms with Gasteiger partial charge in [-0.05, 0) is 12.1 Å². The molecule has 0 atom stereocenters. The summed E-state index contributed by atoms with van der Waals surface area (Å²) in [6, 6.07) is 4.73. The monoisotopic (exact) mass is 275 g/mol. The van der Waals surface area contributed by atoms with E-state index < -0.39 is 10.9 Å². The molecule has 0 aliphatic rings. The number of fused-ring (bicyclic) bond motifs is 1. The van der Waals surface area contributed by atoms with E-state index in [1.54, 1.807) is 30.3 Å². The van der Waals surface area contributed by atoms with Gasteiger partial charge in [0.1, 0.15) is 0 Å². The molecule has 1 aromatic heterocycles. The minimum Gasteiger partial charge on any atom is -0.481 e. The van der Waals surface area contributed by atoms with Gasteiger partial charge in [0.2, 0.25) is 0 Å². The molecule has 20 heavy (non-hydrogen) atoms. The van der Waals surface area contributed by atoms with E-state index in [0.717, 1.165) is 5.69 Å². The molecule has 0 fully saturated rings. The highest BCUT2D eigenvalue weighted by molar-refractivity contribution is 5.99. The van der Waals surface area contributed by atoms with Crippen LogP contribution in [0, 0.1) is 10.1 Å². The van der Waals surface area contributed by atoms with Crippen molar-refractivity contribution in [2.24, 2.45) is 0 Å². The molecule has 2 aromatic rings. The first-order valence-electron chi connectivity index (χ1n) is 5.94. The van der Waals surface area contributed by atoms with Crippen LogP contribution in [0.5, 0.6) is 0 Å². The Kier molecular flexibility index (Phi) is 3.79. The van der Waals surface area contributed by atoms with E-state index in [0.29, 0.717) is 17.3 Å². The van der Waals surface area contributed by atoms with Crippen molar-refractivity contribution in [1.29, 1.82) is 0 Å². The lowest BCUT2D eigenvalue weighted by atomic mass is 10.1. The predicted molar refractivity (Wildman–Crippen MR) is 73.9 cm³/mol. The van der Waals surface area contributed by atoms with Crippen molar-refractivity contribution in [2.75, 3.05) is 18.5 Å². The van der Waals surface area contributed by atoms with Crippen LogP contribution in [0.1, 0.15) is 6.42 Å². The van der Waals surface area contributed by atoms with Gasteiger partial charge in [-0.1, -0.05) is 0 Å². The molecule has 7 nitrogen and oxygen atoms in total. The third kappa shape index (κ3) is 2.66. The fourth-order valence-corrected chi connectivity index (χ4v) is 2.04. The highest BCUT2D eigenvalue weighted by Crippen LogP contribution is 2.32. The number of aliphatic carboxylic acids is 1. The Bertz CT molecular complexity index is 672. The number of nitro groups is 1. The maximum Gasteiger partial charge on any atom is 0.305 e. The van der Waals surface area contributed by atoms with E-state index in [1.807, 2.05) is 0 Å². The number of nitro benzene ring substituents is 1. The number of hydrogen-bond acceptors (Lipinski definition) is 5. The summed E-state index contributed by atoms with van der Waals surface area (Å²) in [5, 5.41) is 20.8. The summed E-state index contributed by atoms with van der Waals surface area (Å²) in [5.74, 6) is -0.885. The summed E-state index contributed by atoms with van der Waals surface area (Å²) in [7, 11) is 1.75. The quantitative estimate of drug-likeness (QED) is 0.662. The van der Waals surface area contributed by atoms with Crippen molar-refractivity contribution in [2.45, 2.75) is 6.42 Å². The Balaban J connectivity index is 2.47. The molecule has 0 unspecified atom stereocenters. The van der Waals surface area contributed by atoms with Crippen LogP contribution in [0.15, 0.2) is 30.6 Å². The Morgan fingerprint density at radius 1 is 1.40 bits per heavy atom. The number of pyridine rings is 1. The third-order valence-electron chi connectivity index (χ3n) is 3.04. The van der Waals surface area contributed by atoms with Gasteiger partial charge in [0.05, 0.1) is 16.7 Å². The topological polar surface area (TPSA) is 96.6 Å². The number of carboxylic acid groups (broad SMARTS) is 1. The van der Waals surface area contributed by atoms with Crippen LogP contribution in [0.4, 0.5) is 11.4 Å². The number of rotatable bonds is 5. The second kappa shape index (κ2) is 5.52. The Morgan fingerprint density at radius 2 is 2.15 bits per heavy atom. The molecule has 0 spiro atoms. The van der Waals surface area contributed by atoms with Crippen LogP contribution < -0.4 is 4.90 Å². The molecule has 0 bridgehead atoms. The molecule has 1 N–H and O–H groups in total. The molecule has 0 radical (unpaired) electrons. The number of carboxylic acids is 1. The molecule has 0 saturated heterocycles. The normalized spacial score (nSPS) is 10.4. The fraction of sp³-hybridized carbons (Fsp3) is 0.231. The number of hydrogen-bond donors (Lipinski definition) is 1. The SMILES string of the molecule is CN(CCC(=O)O)c1ccc([N+](=O)[O-])c2cnccc12. The number of aromatic nitrogens is 1. The van der Waals surface area contributed by atoms with E-state index >= 15 is 0 Å². The van der Waals surface area contributed by atoms with E-state index in [-0.39, 0.29) is 12.1 Å². The molecule has 0 amide bonds. The summed E-state index contributed by atoms with van der Waals surface area (Å²) in [6.45, 7) is 0.324. The lowest BCUT2D eigenvalue weighted by Crippen LogP contribution is -2.21. The number of carbonyl (C=O) groups is 1. The maximum absolute atomic E-state index is 11.0. The lowest BCUT2D eigenvalue weighted by Gasteiger charge is -2.20. The third-order valence-corrected chi connectivity index (χ3v) is 3.04. The Hall–Kier alpha value is -2.70. The van der Waals surface area contributed by atoms with Gasteiger partial charge in [-0.25, -0.2) is 0 Å². The summed E-state index contributed by atoms with van der Waals surface area (Å²) >= 11 is 0. The van der Waals surface area contributed by atoms with E-state index in [1.165, 1.54) is 12.3 Å². The molecule has 0 aliphatic carbocycles. The number of non-ortho nitro benzene ring substituents is 1. The van der Waals surface area contributed by atoms with Crippen molar-refractivity contribution in [3.63, 3.8) is 0 Å². The first-order chi connectivity index (χ1) is 9.50. The molecule has 1 aromatic carbocycles. The average molecular weight is 275 g/mol. The van der Waals surface area contributed by atoms with Crippen molar-refractivity contribution in [3.05, 3.63) is 40.7 Å². The minimum atomic E-state index is -0.885. The van der Waals surface area contributed by atoms with Crippen LogP contribution in [-0.4, -0.2) is 34.6 Å². The maximum atomic E-state index is 11.0. The minimum absolute atomic E-state index is 0.0000639. The van der Waals surface area contributed by atoms with Crippen molar-refractivity contribution in [3.8, 4) is 0 Å². The van der Waals surface area contributed by atoms with Crippen molar-refractivity contribution in [1.82, 2.24) is 4.98 Å². The molecule has 104 valence electrons. The molecule has 0 saturated carbocycles.